The van der Waals surface area contributed by atoms with E-state index < -0.39 is 28.1 Å². The van der Waals surface area contributed by atoms with Crippen molar-refractivity contribution in [3.05, 3.63) is 34.9 Å². The molecule has 7 heteroatoms. The summed E-state index contributed by atoms with van der Waals surface area (Å²) in [5, 5.41) is 18.2. The Balaban J connectivity index is 2.92. The van der Waals surface area contributed by atoms with Gasteiger partial charge in [0.2, 0.25) is 10.0 Å². The quantitative estimate of drug-likeness (QED) is 0.712. The van der Waals surface area contributed by atoms with Gasteiger partial charge >= 0.3 is 5.97 Å². The van der Waals surface area contributed by atoms with Gasteiger partial charge in [0.15, 0.2) is 0 Å². The van der Waals surface area contributed by atoms with Gasteiger partial charge in [0.05, 0.1) is 11.9 Å². The number of nitrogens with one attached hydrogen (secondary N) is 1. The lowest BCUT2D eigenvalue weighted by Crippen LogP contribution is -2.47. The zero-order chi connectivity index (χ0) is 15.5. The number of sulfonamides is 1. The van der Waals surface area contributed by atoms with E-state index in [1.165, 1.54) is 6.92 Å². The summed E-state index contributed by atoms with van der Waals surface area (Å²) in [5.74, 6) is -1.74. The van der Waals surface area contributed by atoms with Gasteiger partial charge in [-0.3, -0.25) is 4.79 Å². The van der Waals surface area contributed by atoms with Crippen molar-refractivity contribution in [2.75, 3.05) is 0 Å². The molecule has 1 aromatic rings. The molecular formula is C13H19NO5S. The minimum Gasteiger partial charge on any atom is -0.480 e. The molecule has 0 fully saturated rings. The average molecular weight is 301 g/mol. The number of carbonyl (C=O) groups is 1. The normalized spacial score (nSPS) is 14.8. The first-order valence-corrected chi connectivity index (χ1v) is 7.74. The molecule has 1 rings (SSSR count). The summed E-state index contributed by atoms with van der Waals surface area (Å²) >= 11 is 0. The maximum Gasteiger partial charge on any atom is 0.324 e. The van der Waals surface area contributed by atoms with Gasteiger partial charge < -0.3 is 10.2 Å². The Bertz CT molecular complexity index is 575. The Hall–Kier alpha value is -1.44. The van der Waals surface area contributed by atoms with E-state index in [1.54, 1.807) is 12.1 Å². The largest absolute Gasteiger partial charge is 0.480 e. The molecule has 0 saturated heterocycles. The van der Waals surface area contributed by atoms with Crippen LogP contribution in [-0.2, 0) is 20.6 Å². The molecule has 3 N–H and O–H groups in total. The summed E-state index contributed by atoms with van der Waals surface area (Å²) in [6.07, 6.45) is -1.32. The molecule has 0 spiro atoms. The van der Waals surface area contributed by atoms with Gasteiger partial charge in [-0.2, -0.15) is 4.72 Å². The fraction of sp³-hybridized carbons (Fsp3) is 0.462. The molecule has 0 unspecified atom stereocenters. The molecule has 0 radical (unpaired) electrons. The molecule has 112 valence electrons. The number of hydrogen-bond donors (Lipinski definition) is 3. The Morgan fingerprint density at radius 3 is 2.15 bits per heavy atom. The number of benzene rings is 1. The molecule has 0 heterocycles. The molecule has 20 heavy (non-hydrogen) atoms. The van der Waals surface area contributed by atoms with Crippen molar-refractivity contribution >= 4 is 16.0 Å². The lowest BCUT2D eigenvalue weighted by atomic mass is 10.1. The SMILES string of the molecule is Cc1cc(C)cc(CS(=O)(=O)N[C@@H](C(=O)O)[C@H](C)O)c1. The van der Waals surface area contributed by atoms with Gasteiger partial charge in [0.1, 0.15) is 6.04 Å². The third-order valence-electron chi connectivity index (χ3n) is 2.69. The van der Waals surface area contributed by atoms with Crippen molar-refractivity contribution in [1.82, 2.24) is 4.72 Å². The second-order valence-corrected chi connectivity index (χ2v) is 6.68. The maximum atomic E-state index is 12.0. The smallest absolute Gasteiger partial charge is 0.324 e. The predicted molar refractivity (Wildman–Crippen MR) is 74.8 cm³/mol. The monoisotopic (exact) mass is 301 g/mol. The molecule has 2 atom stereocenters. The standard InChI is InChI=1S/C13H19NO5S/c1-8-4-9(2)6-11(5-8)7-20(18,19)14-12(10(3)15)13(16)17/h4-6,10,12,14-15H,7H2,1-3H3,(H,16,17)/t10-,12+/m0/s1. The summed E-state index contributed by atoms with van der Waals surface area (Å²) in [4.78, 5) is 10.9. The molecule has 0 aliphatic heterocycles. The predicted octanol–water partition coefficient (Wildman–Crippen LogP) is 0.557. The second kappa shape index (κ2) is 6.34. The van der Waals surface area contributed by atoms with Crippen LogP contribution < -0.4 is 4.72 Å². The van der Waals surface area contributed by atoms with Crippen molar-refractivity contribution in [2.24, 2.45) is 0 Å². The first-order chi connectivity index (χ1) is 9.10. The Kier molecular flexibility index (Phi) is 5.27. The molecule has 0 saturated carbocycles. The molecule has 6 nitrogen and oxygen atoms in total. The molecule has 0 aliphatic carbocycles. The van der Waals surface area contributed by atoms with Crippen molar-refractivity contribution < 1.29 is 23.4 Å². The molecule has 0 aliphatic rings. The number of rotatable bonds is 6. The van der Waals surface area contributed by atoms with E-state index in [0.717, 1.165) is 11.1 Å². The van der Waals surface area contributed by atoms with E-state index in [9.17, 15) is 18.3 Å². The zero-order valence-electron chi connectivity index (χ0n) is 11.6. The highest BCUT2D eigenvalue weighted by atomic mass is 32.2. The molecular weight excluding hydrogens is 282 g/mol. The molecule has 0 amide bonds. The van der Waals surface area contributed by atoms with Crippen LogP contribution in [0.4, 0.5) is 0 Å². The van der Waals surface area contributed by atoms with Crippen LogP contribution >= 0.6 is 0 Å². The maximum absolute atomic E-state index is 12.0. The van der Waals surface area contributed by atoms with Gasteiger partial charge in [-0.05, 0) is 26.3 Å². The van der Waals surface area contributed by atoms with Gasteiger partial charge in [0, 0.05) is 0 Å². The second-order valence-electron chi connectivity index (χ2n) is 4.93. The van der Waals surface area contributed by atoms with Gasteiger partial charge in [0.25, 0.3) is 0 Å². The van der Waals surface area contributed by atoms with Crippen LogP contribution in [0.1, 0.15) is 23.6 Å². The summed E-state index contributed by atoms with van der Waals surface area (Å²) in [6.45, 7) is 4.93. The summed E-state index contributed by atoms with van der Waals surface area (Å²) in [7, 11) is -3.85. The van der Waals surface area contributed by atoms with Crippen molar-refractivity contribution in [1.29, 1.82) is 0 Å². The third-order valence-corrected chi connectivity index (χ3v) is 4.02. The lowest BCUT2D eigenvalue weighted by Gasteiger charge is -2.17. The van der Waals surface area contributed by atoms with Gasteiger partial charge in [-0.15, -0.1) is 0 Å². The Morgan fingerprint density at radius 1 is 1.25 bits per heavy atom. The number of aliphatic carboxylic acids is 1. The number of aliphatic hydroxyl groups is 1. The van der Waals surface area contributed by atoms with E-state index in [1.807, 2.05) is 24.6 Å². The Labute approximate surface area is 118 Å². The highest BCUT2D eigenvalue weighted by molar-refractivity contribution is 7.88. The number of aliphatic hydroxyl groups excluding tert-OH is 1. The number of aryl methyl sites for hydroxylation is 2. The van der Waals surface area contributed by atoms with E-state index in [4.69, 9.17) is 5.11 Å². The number of hydrogen-bond acceptors (Lipinski definition) is 4. The summed E-state index contributed by atoms with van der Waals surface area (Å²) < 4.78 is 25.9. The topological polar surface area (TPSA) is 104 Å². The van der Waals surface area contributed by atoms with Crippen molar-refractivity contribution in [2.45, 2.75) is 38.7 Å². The van der Waals surface area contributed by atoms with Crippen LogP contribution in [0.3, 0.4) is 0 Å². The number of carboxylic acids is 1. The fourth-order valence-electron chi connectivity index (χ4n) is 1.96. The van der Waals surface area contributed by atoms with Crippen LogP contribution in [0.25, 0.3) is 0 Å². The minimum absolute atomic E-state index is 0.327. The van der Waals surface area contributed by atoms with E-state index in [-0.39, 0.29) is 5.75 Å². The molecule has 0 aromatic heterocycles. The lowest BCUT2D eigenvalue weighted by molar-refractivity contribution is -0.141. The van der Waals surface area contributed by atoms with E-state index in [2.05, 4.69) is 0 Å². The third kappa shape index (κ3) is 4.92. The minimum atomic E-state index is -3.85. The highest BCUT2D eigenvalue weighted by Crippen LogP contribution is 2.12. The average Bonchev–Trinajstić information content (AvgIpc) is 2.22. The van der Waals surface area contributed by atoms with Crippen LogP contribution in [0.5, 0.6) is 0 Å². The zero-order valence-corrected chi connectivity index (χ0v) is 12.4. The van der Waals surface area contributed by atoms with Gasteiger partial charge in [-0.1, -0.05) is 29.3 Å². The first kappa shape index (κ1) is 16.6. The van der Waals surface area contributed by atoms with E-state index >= 15 is 0 Å². The Morgan fingerprint density at radius 2 is 1.75 bits per heavy atom. The van der Waals surface area contributed by atoms with Crippen molar-refractivity contribution in [3.8, 4) is 0 Å². The van der Waals surface area contributed by atoms with Crippen LogP contribution in [0, 0.1) is 13.8 Å². The molecule has 0 bridgehead atoms. The van der Waals surface area contributed by atoms with Gasteiger partial charge in [-0.25, -0.2) is 8.42 Å². The van der Waals surface area contributed by atoms with Crippen molar-refractivity contribution in [3.63, 3.8) is 0 Å². The first-order valence-electron chi connectivity index (χ1n) is 6.09. The van der Waals surface area contributed by atoms with Crippen LogP contribution in [-0.4, -0.2) is 36.7 Å². The summed E-state index contributed by atoms with van der Waals surface area (Å²) in [5.41, 5.74) is 2.44. The number of carboxylic acid groups (broad SMARTS) is 1. The van der Waals surface area contributed by atoms with E-state index in [0.29, 0.717) is 5.56 Å². The van der Waals surface area contributed by atoms with Crippen LogP contribution in [0.2, 0.25) is 0 Å². The highest BCUT2D eigenvalue weighted by Gasteiger charge is 2.28. The fourth-order valence-corrected chi connectivity index (χ4v) is 3.34. The van der Waals surface area contributed by atoms with Crippen LogP contribution in [0.15, 0.2) is 18.2 Å². The molecule has 1 aromatic carbocycles. The summed E-state index contributed by atoms with van der Waals surface area (Å²) in [6, 6.07) is 3.82.